The number of nitrogens with one attached hydrogen (secondary N) is 1. The molecule has 0 saturated heterocycles. The number of rotatable bonds is 12. The number of hydrazone groups is 1. The molecule has 0 spiro atoms. The molecule has 0 atom stereocenters. The fourth-order valence-electron chi connectivity index (χ4n) is 3.62. The molecule has 4 rings (SSSR count). The lowest BCUT2D eigenvalue weighted by atomic mass is 10.2. The predicted octanol–water partition coefficient (Wildman–Crippen LogP) is 5.57. The van der Waals surface area contributed by atoms with Crippen LogP contribution in [-0.2, 0) is 29.6 Å². The lowest BCUT2D eigenvalue weighted by Gasteiger charge is -2.09. The Balaban J connectivity index is 1.84. The number of aromatic carboxylic acids is 1. The summed E-state index contributed by atoms with van der Waals surface area (Å²) in [6.45, 7) is 0. The topological polar surface area (TPSA) is 305 Å². The minimum absolute atomic E-state index is 0.125. The van der Waals surface area contributed by atoms with E-state index in [0.29, 0.717) is 35.6 Å². The number of hydrogen-bond acceptors (Lipinski definition) is 16. The first-order valence-corrected chi connectivity index (χ1v) is 16.2. The average Bonchev–Trinajstić information content (AvgIpc) is 3.03. The zero-order chi connectivity index (χ0) is 35.1. The van der Waals surface area contributed by atoms with Gasteiger partial charge >= 0.3 is 5.97 Å². The Morgan fingerprint density at radius 1 is 0.854 bits per heavy atom. The number of azo groups is 2. The van der Waals surface area contributed by atoms with Gasteiger partial charge in [-0.25, -0.2) is 10.1 Å². The van der Waals surface area contributed by atoms with Gasteiger partial charge in [-0.3, -0.25) is 14.5 Å². The van der Waals surface area contributed by atoms with Gasteiger partial charge in [0.2, 0.25) is 5.84 Å². The van der Waals surface area contributed by atoms with E-state index in [1.165, 1.54) is 36.4 Å². The van der Waals surface area contributed by atoms with Crippen molar-refractivity contribution in [2.75, 3.05) is 11.2 Å². The van der Waals surface area contributed by atoms with E-state index in [1.54, 1.807) is 30.3 Å². The van der Waals surface area contributed by atoms with Crippen molar-refractivity contribution in [3.63, 3.8) is 0 Å². The van der Waals surface area contributed by atoms with Crippen molar-refractivity contribution in [1.82, 2.24) is 0 Å². The molecule has 8 N–H and O–H groups in total. The third kappa shape index (κ3) is 9.36. The number of carbonyl (C=O) groups is 1. The lowest BCUT2D eigenvalue weighted by Crippen LogP contribution is -2.06. The molecule has 0 aliphatic carbocycles. The van der Waals surface area contributed by atoms with Crippen LogP contribution in [0.15, 0.2) is 119 Å². The molecule has 0 unspecified atom stereocenters. The van der Waals surface area contributed by atoms with Gasteiger partial charge in [0, 0.05) is 16.1 Å². The van der Waals surface area contributed by atoms with Crippen molar-refractivity contribution in [3.8, 4) is 5.75 Å². The van der Waals surface area contributed by atoms with E-state index in [0.717, 1.165) is 0 Å². The Hall–Kier alpha value is -5.33. The number of hydrogen-bond donors (Lipinski definition) is 7. The zero-order valence-electron chi connectivity index (χ0n) is 23.6. The highest BCUT2D eigenvalue weighted by molar-refractivity contribution is 7.94. The third-order valence-electron chi connectivity index (χ3n) is 5.80. The number of nitrogens with two attached hydrogens (primary N) is 1. The Morgan fingerprint density at radius 3 is 2.21 bits per heavy atom. The van der Waals surface area contributed by atoms with Crippen molar-refractivity contribution in [1.29, 1.82) is 0 Å². The summed E-state index contributed by atoms with van der Waals surface area (Å²) in [6.07, 6.45) is 0. The fourth-order valence-corrected chi connectivity index (χ4v) is 5.25. The van der Waals surface area contributed by atoms with Crippen LogP contribution in [0.25, 0.3) is 0 Å². The van der Waals surface area contributed by atoms with Crippen LogP contribution in [-0.4, -0.2) is 53.2 Å². The summed E-state index contributed by atoms with van der Waals surface area (Å²) < 4.78 is 70.5. The molecule has 0 saturated carbocycles. The van der Waals surface area contributed by atoms with Crippen LogP contribution < -0.4 is 11.2 Å². The van der Waals surface area contributed by atoms with Gasteiger partial charge in [-0.2, -0.15) is 32.2 Å². The SMILES string of the molecule is Nc1ccc(N=Nc2cccc(/C(N=Nc3cc(S(=O)(=O)O)cc(S(=O)(=O)O)c3O)=N/Nc3cc(SOOO)ccc3C(=O)O)c2)cc1. The number of amidine groups is 1. The van der Waals surface area contributed by atoms with Crippen molar-refractivity contribution in [2.45, 2.75) is 14.7 Å². The summed E-state index contributed by atoms with van der Waals surface area (Å²) in [5.74, 6) is -2.98. The first kappa shape index (κ1) is 35.5. The molecule has 0 aliphatic rings. The summed E-state index contributed by atoms with van der Waals surface area (Å²) in [5, 5.41) is 52.0. The second kappa shape index (κ2) is 15.1. The number of carboxylic acid groups (broad SMARTS) is 1. The van der Waals surface area contributed by atoms with E-state index < -0.39 is 47.4 Å². The highest BCUT2D eigenvalue weighted by atomic mass is 32.2. The van der Waals surface area contributed by atoms with Gasteiger partial charge in [0.15, 0.2) is 5.75 Å². The van der Waals surface area contributed by atoms with Gasteiger partial charge in [0.25, 0.3) is 20.2 Å². The summed E-state index contributed by atoms with van der Waals surface area (Å²) in [5.41, 5.74) is 8.27. The molecular formula is C26H21N7O12S3. The quantitative estimate of drug-likeness (QED) is 0.0138. The maximum atomic E-state index is 11.9. The smallest absolute Gasteiger partial charge is 0.337 e. The molecule has 48 heavy (non-hydrogen) atoms. The van der Waals surface area contributed by atoms with E-state index in [1.807, 2.05) is 0 Å². The zero-order valence-corrected chi connectivity index (χ0v) is 26.1. The number of anilines is 2. The molecule has 0 radical (unpaired) electrons. The number of nitrogen functional groups attached to an aromatic ring is 1. The summed E-state index contributed by atoms with van der Waals surface area (Å²) >= 11 is 0.515. The Kier molecular flexibility index (Phi) is 11.1. The average molecular weight is 720 g/mol. The van der Waals surface area contributed by atoms with E-state index in [4.69, 9.17) is 11.0 Å². The molecule has 250 valence electrons. The van der Waals surface area contributed by atoms with Crippen LogP contribution in [0.1, 0.15) is 15.9 Å². The van der Waals surface area contributed by atoms with Gasteiger partial charge in [0.1, 0.15) is 10.6 Å². The molecule has 0 bridgehead atoms. The molecule has 0 aromatic heterocycles. The van der Waals surface area contributed by atoms with Crippen LogP contribution >= 0.6 is 12.0 Å². The number of benzene rings is 4. The Labute approximate surface area is 274 Å². The van der Waals surface area contributed by atoms with E-state index in [9.17, 15) is 40.9 Å². The van der Waals surface area contributed by atoms with E-state index in [2.05, 4.69) is 40.4 Å². The van der Waals surface area contributed by atoms with Crippen molar-refractivity contribution in [3.05, 3.63) is 90.0 Å². The first-order chi connectivity index (χ1) is 22.7. The van der Waals surface area contributed by atoms with Crippen LogP contribution in [0.5, 0.6) is 5.75 Å². The molecule has 0 amide bonds. The maximum Gasteiger partial charge on any atom is 0.337 e. The number of phenols is 1. The molecule has 22 heteroatoms. The number of carboxylic acids is 1. The highest BCUT2D eigenvalue weighted by Gasteiger charge is 2.24. The van der Waals surface area contributed by atoms with Crippen LogP contribution in [0.3, 0.4) is 0 Å². The third-order valence-corrected chi connectivity index (χ3v) is 8.07. The number of aromatic hydroxyl groups is 1. The molecule has 4 aromatic rings. The second-order valence-electron chi connectivity index (χ2n) is 9.07. The number of nitrogens with zero attached hydrogens (tertiary/aromatic N) is 5. The van der Waals surface area contributed by atoms with Gasteiger partial charge < -0.3 is 15.9 Å². The first-order valence-electron chi connectivity index (χ1n) is 12.6. The van der Waals surface area contributed by atoms with Crippen LogP contribution in [0.4, 0.5) is 28.4 Å². The summed E-state index contributed by atoms with van der Waals surface area (Å²) in [7, 11) is -10.3. The summed E-state index contributed by atoms with van der Waals surface area (Å²) in [4.78, 5) is 9.74. The molecule has 0 heterocycles. The fraction of sp³-hybridized carbons (Fsp3) is 0. The van der Waals surface area contributed by atoms with Crippen LogP contribution in [0.2, 0.25) is 0 Å². The normalized spacial score (nSPS) is 12.5. The molecule has 0 aliphatic heterocycles. The minimum Gasteiger partial charge on any atom is -0.504 e. The highest BCUT2D eigenvalue weighted by Crippen LogP contribution is 2.37. The van der Waals surface area contributed by atoms with Crippen molar-refractivity contribution >= 4 is 72.5 Å². The van der Waals surface area contributed by atoms with Crippen molar-refractivity contribution < 1.29 is 55.6 Å². The standard InChI is InChI=1S/C26H21N7O12S3/c27-15-4-6-16(7-5-15)28-29-17-3-1-2-14(10-17)25(32-30-21-11-18(46-45-44-37)8-9-20(21)26(35)36)33-31-22-12-19(47(38,39)40)13-23(24(22)34)48(41,42)43/h1-13,30,34,37H,27H2,(H,35,36)(H,38,39,40)(H,41,42,43)/b29-28?,32-25-,33-31?. The molecular weight excluding hydrogens is 699 g/mol. The number of phenolic OH excluding ortho intramolecular Hbond substituents is 1. The second-order valence-corrected chi connectivity index (χ2v) is 12.7. The van der Waals surface area contributed by atoms with Gasteiger partial charge in [0.05, 0.1) is 39.6 Å². The van der Waals surface area contributed by atoms with Crippen molar-refractivity contribution in [2.24, 2.45) is 25.6 Å². The Morgan fingerprint density at radius 2 is 1.56 bits per heavy atom. The van der Waals surface area contributed by atoms with Crippen LogP contribution in [0, 0.1) is 0 Å². The molecule has 4 aromatic carbocycles. The van der Waals surface area contributed by atoms with Gasteiger partial charge in [-0.15, -0.1) is 14.6 Å². The Bertz CT molecular complexity index is 2160. The predicted molar refractivity (Wildman–Crippen MR) is 168 cm³/mol. The van der Waals surface area contributed by atoms with Gasteiger partial charge in [-0.1, -0.05) is 17.2 Å². The maximum absolute atomic E-state index is 11.9. The molecule has 0 fully saturated rings. The van der Waals surface area contributed by atoms with E-state index >= 15 is 0 Å². The minimum atomic E-state index is -5.23. The lowest BCUT2D eigenvalue weighted by molar-refractivity contribution is -0.432. The van der Waals surface area contributed by atoms with Gasteiger partial charge in [-0.05, 0) is 66.7 Å². The van der Waals surface area contributed by atoms with E-state index in [-0.39, 0.29) is 33.2 Å². The monoisotopic (exact) mass is 719 g/mol. The summed E-state index contributed by atoms with van der Waals surface area (Å²) in [6, 6.07) is 17.0. The largest absolute Gasteiger partial charge is 0.504 e. The molecule has 19 nitrogen and oxygen atoms in total.